The molecule has 1 aliphatic heterocycles. The van der Waals surface area contributed by atoms with Crippen molar-refractivity contribution in [2.45, 2.75) is 31.8 Å². The summed E-state index contributed by atoms with van der Waals surface area (Å²) in [5.74, 6) is -0.0684. The lowest BCUT2D eigenvalue weighted by molar-refractivity contribution is 0.0896. The number of carbonyl (C=O) groups is 1. The lowest BCUT2D eigenvalue weighted by Gasteiger charge is -2.33. The van der Waals surface area contributed by atoms with Gasteiger partial charge in [0.05, 0.1) is 5.01 Å². The van der Waals surface area contributed by atoms with Crippen molar-refractivity contribution < 1.29 is 4.79 Å². The van der Waals surface area contributed by atoms with Crippen LogP contribution in [0, 0.1) is 0 Å². The Bertz CT molecular complexity index is 668. The van der Waals surface area contributed by atoms with Crippen molar-refractivity contribution in [2.24, 2.45) is 5.73 Å². The number of halogens is 2. The fourth-order valence-electron chi connectivity index (χ4n) is 3.07. The number of nitrogens with one attached hydrogen (secondary N) is 1. The van der Waals surface area contributed by atoms with E-state index in [2.05, 4.69) is 39.5 Å². The van der Waals surface area contributed by atoms with Gasteiger partial charge in [-0.3, -0.25) is 9.69 Å². The first-order valence-electron chi connectivity index (χ1n) is 8.46. The molecule has 2 aromatic rings. The van der Waals surface area contributed by atoms with E-state index in [0.717, 1.165) is 43.9 Å². The van der Waals surface area contributed by atoms with Gasteiger partial charge in [0.25, 0.3) is 5.91 Å². The minimum atomic E-state index is -0.0684. The molecule has 144 valence electrons. The molecule has 0 aliphatic carbocycles. The molecule has 26 heavy (non-hydrogen) atoms. The molecular formula is C18H26Cl2N4OS. The maximum atomic E-state index is 12.4. The smallest absolute Gasteiger partial charge is 0.271 e. The number of piperidine rings is 1. The minimum absolute atomic E-state index is 0. The molecule has 0 saturated carbocycles. The highest BCUT2D eigenvalue weighted by molar-refractivity contribution is 7.09. The van der Waals surface area contributed by atoms with Gasteiger partial charge in [0, 0.05) is 30.9 Å². The molecule has 1 saturated heterocycles. The van der Waals surface area contributed by atoms with E-state index in [1.807, 2.05) is 11.4 Å². The molecule has 0 radical (unpaired) electrons. The van der Waals surface area contributed by atoms with E-state index in [9.17, 15) is 4.79 Å². The predicted molar refractivity (Wildman–Crippen MR) is 112 cm³/mol. The van der Waals surface area contributed by atoms with Crippen LogP contribution in [0.1, 0.15) is 33.9 Å². The monoisotopic (exact) mass is 416 g/mol. The quantitative estimate of drug-likeness (QED) is 0.758. The van der Waals surface area contributed by atoms with Crippen LogP contribution in [-0.2, 0) is 13.0 Å². The van der Waals surface area contributed by atoms with Gasteiger partial charge < -0.3 is 11.1 Å². The van der Waals surface area contributed by atoms with Crippen LogP contribution in [0.25, 0.3) is 0 Å². The maximum absolute atomic E-state index is 12.4. The minimum Gasteiger partial charge on any atom is -0.347 e. The number of benzene rings is 1. The molecule has 1 amide bonds. The molecule has 1 fully saturated rings. The van der Waals surface area contributed by atoms with Crippen LogP contribution >= 0.6 is 36.2 Å². The summed E-state index contributed by atoms with van der Waals surface area (Å²) >= 11 is 1.50. The molecule has 1 aliphatic rings. The number of amides is 1. The summed E-state index contributed by atoms with van der Waals surface area (Å²) in [7, 11) is 0. The van der Waals surface area contributed by atoms with Crippen LogP contribution in [0.5, 0.6) is 0 Å². The van der Waals surface area contributed by atoms with Crippen molar-refractivity contribution in [2.75, 3.05) is 19.6 Å². The van der Waals surface area contributed by atoms with Gasteiger partial charge in [-0.25, -0.2) is 4.98 Å². The lowest BCUT2D eigenvalue weighted by Crippen LogP contribution is -2.47. The summed E-state index contributed by atoms with van der Waals surface area (Å²) in [6.07, 6.45) is 2.86. The number of nitrogens with zero attached hydrogens (tertiary/aromatic N) is 2. The largest absolute Gasteiger partial charge is 0.347 e. The second kappa shape index (κ2) is 11.5. The zero-order valence-corrected chi connectivity index (χ0v) is 17.0. The first-order valence-corrected chi connectivity index (χ1v) is 9.34. The van der Waals surface area contributed by atoms with Crippen LogP contribution in [0.2, 0.25) is 0 Å². The van der Waals surface area contributed by atoms with Crippen LogP contribution < -0.4 is 11.1 Å². The standard InChI is InChI=1S/C18H24N4OS.2ClH/c19-9-8-17-21-16(13-24-17)18(23)20-15-7-4-10-22(12-15)11-14-5-2-1-3-6-14;;/h1-3,5-6,13,15H,4,7-12,19H2,(H,20,23);2*1H. The molecule has 1 unspecified atom stereocenters. The van der Waals surface area contributed by atoms with Crippen LogP contribution in [0.15, 0.2) is 35.7 Å². The normalized spacial score (nSPS) is 17.0. The third kappa shape index (κ3) is 6.52. The van der Waals surface area contributed by atoms with Crippen LogP contribution in [0.3, 0.4) is 0 Å². The Morgan fingerprint density at radius 2 is 2.08 bits per heavy atom. The number of thiazole rings is 1. The molecule has 1 aromatic carbocycles. The fraction of sp³-hybridized carbons (Fsp3) is 0.444. The van der Waals surface area contributed by atoms with Crippen molar-refractivity contribution in [3.8, 4) is 0 Å². The topological polar surface area (TPSA) is 71.2 Å². The lowest BCUT2D eigenvalue weighted by atomic mass is 10.0. The molecule has 0 spiro atoms. The second-order valence-electron chi connectivity index (χ2n) is 6.20. The molecular weight excluding hydrogens is 391 g/mol. The van der Waals surface area contributed by atoms with E-state index >= 15 is 0 Å². The van der Waals surface area contributed by atoms with Crippen molar-refractivity contribution >= 4 is 42.1 Å². The highest BCUT2D eigenvalue weighted by Crippen LogP contribution is 2.15. The molecule has 1 atom stereocenters. The van der Waals surface area contributed by atoms with Gasteiger partial charge in [-0.1, -0.05) is 30.3 Å². The Kier molecular flexibility index (Phi) is 10.1. The van der Waals surface area contributed by atoms with E-state index in [1.54, 1.807) is 0 Å². The van der Waals surface area contributed by atoms with Crippen molar-refractivity contribution in [1.82, 2.24) is 15.2 Å². The molecule has 5 nitrogen and oxygen atoms in total. The average molecular weight is 417 g/mol. The van der Waals surface area contributed by atoms with E-state index in [1.165, 1.54) is 16.9 Å². The van der Waals surface area contributed by atoms with E-state index < -0.39 is 0 Å². The number of likely N-dealkylation sites (tertiary alicyclic amines) is 1. The number of hydrogen-bond donors (Lipinski definition) is 2. The summed E-state index contributed by atoms with van der Waals surface area (Å²) in [5.41, 5.74) is 7.37. The number of aromatic nitrogens is 1. The van der Waals surface area contributed by atoms with Gasteiger partial charge in [0.2, 0.25) is 0 Å². The highest BCUT2D eigenvalue weighted by atomic mass is 35.5. The van der Waals surface area contributed by atoms with E-state index in [4.69, 9.17) is 5.73 Å². The van der Waals surface area contributed by atoms with Crippen LogP contribution in [-0.4, -0.2) is 41.5 Å². The van der Waals surface area contributed by atoms with E-state index in [0.29, 0.717) is 12.2 Å². The van der Waals surface area contributed by atoms with Gasteiger partial charge in [-0.15, -0.1) is 36.2 Å². The summed E-state index contributed by atoms with van der Waals surface area (Å²) in [6, 6.07) is 10.7. The number of rotatable bonds is 6. The molecule has 3 rings (SSSR count). The zero-order chi connectivity index (χ0) is 16.8. The summed E-state index contributed by atoms with van der Waals surface area (Å²) in [6.45, 7) is 3.47. The Morgan fingerprint density at radius 1 is 1.31 bits per heavy atom. The third-order valence-electron chi connectivity index (χ3n) is 4.23. The van der Waals surface area contributed by atoms with E-state index in [-0.39, 0.29) is 36.8 Å². The Labute approximate surface area is 171 Å². The zero-order valence-electron chi connectivity index (χ0n) is 14.6. The van der Waals surface area contributed by atoms with Crippen LogP contribution in [0.4, 0.5) is 0 Å². The molecule has 0 bridgehead atoms. The second-order valence-corrected chi connectivity index (χ2v) is 7.14. The predicted octanol–water partition coefficient (Wildman–Crippen LogP) is 2.88. The maximum Gasteiger partial charge on any atom is 0.271 e. The molecule has 3 N–H and O–H groups in total. The fourth-order valence-corrected chi connectivity index (χ4v) is 3.87. The first-order chi connectivity index (χ1) is 11.7. The highest BCUT2D eigenvalue weighted by Gasteiger charge is 2.22. The first kappa shape index (κ1) is 22.9. The van der Waals surface area contributed by atoms with Gasteiger partial charge in [0.1, 0.15) is 5.69 Å². The van der Waals surface area contributed by atoms with Gasteiger partial charge in [-0.2, -0.15) is 0 Å². The summed E-state index contributed by atoms with van der Waals surface area (Å²) < 4.78 is 0. The number of hydrogen-bond acceptors (Lipinski definition) is 5. The van der Waals surface area contributed by atoms with Gasteiger partial charge >= 0.3 is 0 Å². The number of nitrogens with two attached hydrogens (primary N) is 1. The van der Waals surface area contributed by atoms with Gasteiger partial charge in [0.15, 0.2) is 0 Å². The molecule has 2 heterocycles. The van der Waals surface area contributed by atoms with Crippen molar-refractivity contribution in [1.29, 1.82) is 0 Å². The Balaban J connectivity index is 0.00000169. The van der Waals surface area contributed by atoms with Crippen molar-refractivity contribution in [3.05, 3.63) is 52.0 Å². The Hall–Kier alpha value is -1.18. The molecule has 8 heteroatoms. The summed E-state index contributed by atoms with van der Waals surface area (Å²) in [4.78, 5) is 19.2. The SMILES string of the molecule is Cl.Cl.NCCc1nc(C(=O)NC2CCCN(Cc3ccccc3)C2)cs1. The molecule has 1 aromatic heterocycles. The third-order valence-corrected chi connectivity index (χ3v) is 5.14. The number of carbonyl (C=O) groups excluding carboxylic acids is 1. The van der Waals surface area contributed by atoms with Gasteiger partial charge in [-0.05, 0) is 31.5 Å². The average Bonchev–Trinajstić information content (AvgIpc) is 3.05. The Morgan fingerprint density at radius 3 is 2.81 bits per heavy atom. The van der Waals surface area contributed by atoms with Crippen molar-refractivity contribution in [3.63, 3.8) is 0 Å². The summed E-state index contributed by atoms with van der Waals surface area (Å²) in [5, 5.41) is 5.89.